The van der Waals surface area contributed by atoms with E-state index in [0.717, 1.165) is 18.4 Å². The number of ether oxygens (including phenoxy) is 1. The first-order valence-electron chi connectivity index (χ1n) is 8.93. The van der Waals surface area contributed by atoms with E-state index in [0.29, 0.717) is 6.16 Å². The number of esters is 1. The molecule has 1 aromatic rings. The van der Waals surface area contributed by atoms with Crippen molar-refractivity contribution in [2.75, 3.05) is 19.4 Å². The fourth-order valence-electron chi connectivity index (χ4n) is 2.50. The van der Waals surface area contributed by atoms with Gasteiger partial charge in [0.1, 0.15) is 6.61 Å². The second kappa shape index (κ2) is 12.3. The topological polar surface area (TPSA) is 52.6 Å². The lowest BCUT2D eigenvalue weighted by molar-refractivity contribution is -0.144. The number of benzene rings is 1. The molecule has 1 aromatic carbocycles. The van der Waals surface area contributed by atoms with Gasteiger partial charge in [-0.3, -0.25) is 9.36 Å². The van der Waals surface area contributed by atoms with E-state index < -0.39 is 7.37 Å². The lowest BCUT2D eigenvalue weighted by atomic mass is 10.1. The summed E-state index contributed by atoms with van der Waals surface area (Å²) in [6.07, 6.45) is 7.84. The third kappa shape index (κ3) is 9.24. The van der Waals surface area contributed by atoms with Gasteiger partial charge >= 0.3 is 5.97 Å². The molecule has 0 aliphatic carbocycles. The number of rotatable bonds is 13. The molecule has 4 nitrogen and oxygen atoms in total. The summed E-state index contributed by atoms with van der Waals surface area (Å²) >= 11 is 0. The second-order valence-corrected chi connectivity index (χ2v) is 9.00. The van der Waals surface area contributed by atoms with Crippen molar-refractivity contribution in [2.45, 2.75) is 58.5 Å². The normalized spacial score (nSPS) is 13.4. The standard InChI is InChI=1S/C19H31O4P/c1-3-4-5-6-7-11-15-24(21,22-2)16-14-19(20)23-17-18-12-9-8-10-13-18/h8-10,12-13H,3-7,11,14-17H2,1-2H3. The van der Waals surface area contributed by atoms with Crippen LogP contribution in [0.5, 0.6) is 0 Å². The monoisotopic (exact) mass is 354 g/mol. The van der Waals surface area contributed by atoms with Gasteiger partial charge in [0.05, 0.1) is 6.42 Å². The van der Waals surface area contributed by atoms with Crippen LogP contribution in [0.3, 0.4) is 0 Å². The van der Waals surface area contributed by atoms with Gasteiger partial charge in [0.2, 0.25) is 7.37 Å². The van der Waals surface area contributed by atoms with Crippen molar-refractivity contribution in [3.8, 4) is 0 Å². The van der Waals surface area contributed by atoms with E-state index in [1.54, 1.807) is 0 Å². The summed E-state index contributed by atoms with van der Waals surface area (Å²) in [5.74, 6) is -0.320. The Labute approximate surface area is 146 Å². The Morgan fingerprint density at radius 1 is 1.00 bits per heavy atom. The van der Waals surface area contributed by atoms with Crippen LogP contribution in [-0.2, 0) is 25.2 Å². The maximum Gasteiger partial charge on any atom is 0.306 e. The quantitative estimate of drug-likeness (QED) is 0.270. The van der Waals surface area contributed by atoms with Crippen LogP contribution < -0.4 is 0 Å². The first-order chi connectivity index (χ1) is 11.6. The zero-order valence-corrected chi connectivity index (χ0v) is 15.9. The van der Waals surface area contributed by atoms with E-state index in [4.69, 9.17) is 9.26 Å². The molecule has 0 aliphatic rings. The molecule has 5 heteroatoms. The van der Waals surface area contributed by atoms with E-state index >= 15 is 0 Å². The molecule has 24 heavy (non-hydrogen) atoms. The summed E-state index contributed by atoms with van der Waals surface area (Å²) in [5, 5.41) is 0. The van der Waals surface area contributed by atoms with Crippen molar-refractivity contribution in [1.29, 1.82) is 0 Å². The largest absolute Gasteiger partial charge is 0.461 e. The molecule has 0 fully saturated rings. The van der Waals surface area contributed by atoms with Crippen molar-refractivity contribution < 1.29 is 18.6 Å². The molecule has 1 unspecified atom stereocenters. The SMILES string of the molecule is CCCCCCCCP(=O)(CCC(=O)OCc1ccccc1)OC. The van der Waals surface area contributed by atoms with Crippen molar-refractivity contribution in [3.05, 3.63) is 35.9 Å². The lowest BCUT2D eigenvalue weighted by Crippen LogP contribution is -2.09. The van der Waals surface area contributed by atoms with Crippen LogP contribution in [0.1, 0.15) is 57.4 Å². The number of hydrogen-bond acceptors (Lipinski definition) is 4. The molecule has 0 aliphatic heterocycles. The summed E-state index contributed by atoms with van der Waals surface area (Å²) in [6, 6.07) is 9.55. The molecular weight excluding hydrogens is 323 g/mol. The molecule has 0 saturated heterocycles. The van der Waals surface area contributed by atoms with Gasteiger partial charge in [0, 0.05) is 19.4 Å². The van der Waals surface area contributed by atoms with Crippen molar-refractivity contribution in [1.82, 2.24) is 0 Å². The summed E-state index contributed by atoms with van der Waals surface area (Å²) in [6.45, 7) is 2.45. The highest BCUT2D eigenvalue weighted by atomic mass is 31.2. The minimum atomic E-state index is -2.71. The molecule has 1 rings (SSSR count). The van der Waals surface area contributed by atoms with Gasteiger partial charge in [-0.1, -0.05) is 69.4 Å². The predicted molar refractivity (Wildman–Crippen MR) is 98.6 cm³/mol. The molecule has 0 saturated carbocycles. The van der Waals surface area contributed by atoms with Gasteiger partial charge in [-0.15, -0.1) is 0 Å². The van der Waals surface area contributed by atoms with Crippen LogP contribution in [-0.4, -0.2) is 25.4 Å². The van der Waals surface area contributed by atoms with Crippen molar-refractivity contribution in [2.24, 2.45) is 0 Å². The molecule has 0 heterocycles. The van der Waals surface area contributed by atoms with Crippen LogP contribution >= 0.6 is 7.37 Å². The van der Waals surface area contributed by atoms with Crippen LogP contribution in [0.4, 0.5) is 0 Å². The van der Waals surface area contributed by atoms with E-state index in [9.17, 15) is 9.36 Å². The molecule has 0 spiro atoms. The Morgan fingerprint density at radius 3 is 2.33 bits per heavy atom. The predicted octanol–water partition coefficient (Wildman–Crippen LogP) is 5.40. The highest BCUT2D eigenvalue weighted by molar-refractivity contribution is 7.58. The van der Waals surface area contributed by atoms with Gasteiger partial charge in [0.25, 0.3) is 0 Å². The summed E-state index contributed by atoms with van der Waals surface area (Å²) in [4.78, 5) is 11.8. The number of carbonyl (C=O) groups is 1. The fraction of sp³-hybridized carbons (Fsp3) is 0.632. The van der Waals surface area contributed by atoms with Crippen LogP contribution in [0.15, 0.2) is 30.3 Å². The molecule has 1 atom stereocenters. The Bertz CT molecular complexity index is 501. The molecular formula is C19H31O4P. The average molecular weight is 354 g/mol. The Balaban J connectivity index is 2.23. The molecule has 0 bridgehead atoms. The third-order valence-corrected chi connectivity index (χ3v) is 6.65. The van der Waals surface area contributed by atoms with Gasteiger partial charge in [-0.05, 0) is 12.0 Å². The molecule has 0 N–H and O–H groups in total. The Hall–Kier alpha value is -1.12. The second-order valence-electron chi connectivity index (χ2n) is 6.11. The van der Waals surface area contributed by atoms with Crippen molar-refractivity contribution >= 4 is 13.3 Å². The fourth-order valence-corrected chi connectivity index (χ4v) is 4.32. The molecule has 0 radical (unpaired) electrons. The highest BCUT2D eigenvalue weighted by Gasteiger charge is 2.22. The maximum absolute atomic E-state index is 12.6. The van der Waals surface area contributed by atoms with E-state index in [1.807, 2.05) is 30.3 Å². The summed E-state index contributed by atoms with van der Waals surface area (Å²) < 4.78 is 23.1. The first kappa shape index (κ1) is 20.9. The smallest absolute Gasteiger partial charge is 0.306 e. The molecule has 136 valence electrons. The van der Waals surface area contributed by atoms with Crippen LogP contribution in [0.2, 0.25) is 0 Å². The van der Waals surface area contributed by atoms with E-state index in [1.165, 1.54) is 32.8 Å². The zero-order valence-electron chi connectivity index (χ0n) is 15.0. The molecule has 0 amide bonds. The minimum absolute atomic E-state index is 0.147. The van der Waals surface area contributed by atoms with Gasteiger partial charge in [-0.2, -0.15) is 0 Å². The van der Waals surface area contributed by atoms with E-state index in [2.05, 4.69) is 6.92 Å². The van der Waals surface area contributed by atoms with Crippen LogP contribution in [0.25, 0.3) is 0 Å². The van der Waals surface area contributed by atoms with E-state index in [-0.39, 0.29) is 25.2 Å². The summed E-state index contributed by atoms with van der Waals surface area (Å²) in [5.41, 5.74) is 0.952. The average Bonchev–Trinajstić information content (AvgIpc) is 2.62. The van der Waals surface area contributed by atoms with Gasteiger partial charge < -0.3 is 9.26 Å². The van der Waals surface area contributed by atoms with Crippen molar-refractivity contribution in [3.63, 3.8) is 0 Å². The third-order valence-electron chi connectivity index (χ3n) is 4.08. The number of hydrogen-bond donors (Lipinski definition) is 0. The Morgan fingerprint density at radius 2 is 1.67 bits per heavy atom. The summed E-state index contributed by atoms with van der Waals surface area (Å²) in [7, 11) is -1.23. The van der Waals surface area contributed by atoms with Crippen LogP contribution in [0, 0.1) is 0 Å². The maximum atomic E-state index is 12.6. The van der Waals surface area contributed by atoms with Gasteiger partial charge in [0.15, 0.2) is 0 Å². The Kier molecular flexibility index (Phi) is 10.7. The minimum Gasteiger partial charge on any atom is -0.461 e. The highest BCUT2D eigenvalue weighted by Crippen LogP contribution is 2.47. The lowest BCUT2D eigenvalue weighted by Gasteiger charge is -2.15. The van der Waals surface area contributed by atoms with Gasteiger partial charge in [-0.25, -0.2) is 0 Å². The number of carbonyl (C=O) groups excluding carboxylic acids is 1. The number of unbranched alkanes of at least 4 members (excludes halogenated alkanes) is 5. The first-order valence-corrected chi connectivity index (χ1v) is 10.9. The zero-order chi connectivity index (χ0) is 17.7. The molecule has 0 aromatic heterocycles.